The summed E-state index contributed by atoms with van der Waals surface area (Å²) in [4.78, 5) is 9.13. The molecule has 7 heteroatoms. The monoisotopic (exact) mass is 496 g/mol. The minimum Gasteiger partial charge on any atom is -0.336 e. The van der Waals surface area contributed by atoms with Gasteiger partial charge in [0, 0.05) is 18.9 Å². The number of aromatic nitrogens is 3. The zero-order valence-electron chi connectivity index (χ0n) is 15.7. The van der Waals surface area contributed by atoms with E-state index < -0.39 is 0 Å². The molecule has 6 nitrogen and oxygen atoms in total. The minimum absolute atomic E-state index is 0.186. The van der Waals surface area contributed by atoms with Gasteiger partial charge in [-0.2, -0.15) is 5.53 Å². The topological polar surface area (TPSA) is 66.8 Å². The summed E-state index contributed by atoms with van der Waals surface area (Å²) in [6.45, 7) is 0.883. The Labute approximate surface area is 182 Å². The molecule has 3 N–H and O–H groups in total. The van der Waals surface area contributed by atoms with Crippen molar-refractivity contribution in [2.75, 3.05) is 0 Å². The number of rotatable bonds is 5. The highest BCUT2D eigenvalue weighted by atomic mass is 127. The van der Waals surface area contributed by atoms with Gasteiger partial charge in [-0.3, -0.25) is 4.98 Å². The maximum absolute atomic E-state index is 4.59. The van der Waals surface area contributed by atoms with Crippen LogP contribution in [0.1, 0.15) is 17.2 Å². The fraction of sp³-hybridized carbons (Fsp3) is 0.182. The van der Waals surface area contributed by atoms with Crippen LogP contribution in [0.25, 0.3) is 22.2 Å². The first kappa shape index (κ1) is 18.7. The molecule has 0 bridgehead atoms. The average molecular weight is 496 g/mol. The molecule has 2 aromatic carbocycles. The third-order valence-electron chi connectivity index (χ3n) is 5.29. The molecule has 146 valence electrons. The Morgan fingerprint density at radius 3 is 2.76 bits per heavy atom. The van der Waals surface area contributed by atoms with E-state index >= 15 is 0 Å². The lowest BCUT2D eigenvalue weighted by Crippen LogP contribution is -2.31. The first-order valence-electron chi connectivity index (χ1n) is 9.63. The van der Waals surface area contributed by atoms with Crippen molar-refractivity contribution in [1.82, 2.24) is 30.9 Å². The normalized spacial score (nSPS) is 19.1. The van der Waals surface area contributed by atoms with Gasteiger partial charge in [0.25, 0.3) is 0 Å². The van der Waals surface area contributed by atoms with Gasteiger partial charge in [-0.1, -0.05) is 65.1 Å². The Morgan fingerprint density at radius 2 is 1.86 bits per heavy atom. The van der Waals surface area contributed by atoms with Gasteiger partial charge in [0.05, 0.1) is 22.1 Å². The first-order chi connectivity index (χ1) is 14.3. The molecule has 2 atom stereocenters. The van der Waals surface area contributed by atoms with Crippen molar-refractivity contribution >= 4 is 33.4 Å². The zero-order chi connectivity index (χ0) is 19.6. The maximum Gasteiger partial charge on any atom is 0.107 e. The van der Waals surface area contributed by atoms with Crippen molar-refractivity contribution in [3.63, 3.8) is 0 Å². The number of nitrogens with one attached hydrogen (secondary N) is 3. The minimum atomic E-state index is 0.186. The van der Waals surface area contributed by atoms with E-state index in [0.29, 0.717) is 0 Å². The lowest BCUT2D eigenvalue weighted by atomic mass is 10.0. The van der Waals surface area contributed by atoms with E-state index in [1.807, 2.05) is 18.6 Å². The summed E-state index contributed by atoms with van der Waals surface area (Å²) < 4.78 is 2.41. The highest BCUT2D eigenvalue weighted by molar-refractivity contribution is 14.1. The number of hydrogen-bond acceptors (Lipinski definition) is 5. The predicted octanol–water partition coefficient (Wildman–Crippen LogP) is 3.76. The van der Waals surface area contributed by atoms with Crippen molar-refractivity contribution in [3.8, 4) is 11.4 Å². The molecule has 4 aromatic rings. The van der Waals surface area contributed by atoms with E-state index in [2.05, 4.69) is 108 Å². The molecule has 0 saturated carbocycles. The Kier molecular flexibility index (Phi) is 5.28. The van der Waals surface area contributed by atoms with Crippen molar-refractivity contribution in [2.45, 2.75) is 23.1 Å². The number of alkyl halides is 1. The van der Waals surface area contributed by atoms with Gasteiger partial charge in [-0.15, -0.1) is 0 Å². The second-order valence-electron chi connectivity index (χ2n) is 7.15. The van der Waals surface area contributed by atoms with Crippen molar-refractivity contribution in [2.24, 2.45) is 0 Å². The van der Waals surface area contributed by atoms with Gasteiger partial charge in [0.1, 0.15) is 5.69 Å². The predicted molar refractivity (Wildman–Crippen MR) is 123 cm³/mol. The molecule has 1 fully saturated rings. The van der Waals surface area contributed by atoms with Gasteiger partial charge in [0.2, 0.25) is 0 Å². The van der Waals surface area contributed by atoms with Gasteiger partial charge in [-0.05, 0) is 40.5 Å². The number of fused-ring (bicyclic) bond motifs is 1. The first-order valence-corrected chi connectivity index (χ1v) is 10.9. The van der Waals surface area contributed by atoms with Crippen LogP contribution < -0.4 is 16.4 Å². The summed E-state index contributed by atoms with van der Waals surface area (Å²) in [5, 5.41) is 2.61. The number of hydrogen-bond donors (Lipinski definition) is 3. The summed E-state index contributed by atoms with van der Waals surface area (Å²) in [6, 6.07) is 19.4. The molecule has 1 aliphatic heterocycles. The molecule has 3 heterocycles. The highest BCUT2D eigenvalue weighted by Crippen LogP contribution is 2.26. The van der Waals surface area contributed by atoms with Crippen LogP contribution in [-0.4, -0.2) is 18.6 Å². The van der Waals surface area contributed by atoms with E-state index in [1.165, 1.54) is 21.9 Å². The number of pyridine rings is 1. The number of halogens is 1. The summed E-state index contributed by atoms with van der Waals surface area (Å²) >= 11 is 2.37. The molecule has 2 aromatic heterocycles. The third-order valence-corrected chi connectivity index (χ3v) is 6.32. The van der Waals surface area contributed by atoms with Gasteiger partial charge in [-0.25, -0.2) is 15.8 Å². The van der Waals surface area contributed by atoms with Crippen LogP contribution in [0.2, 0.25) is 0 Å². The Morgan fingerprint density at radius 1 is 0.966 bits per heavy atom. The van der Waals surface area contributed by atoms with E-state index in [4.69, 9.17) is 0 Å². The summed E-state index contributed by atoms with van der Waals surface area (Å²) in [7, 11) is 0. The molecule has 5 rings (SSSR count). The average Bonchev–Trinajstić information content (AvgIpc) is 3.41. The molecule has 29 heavy (non-hydrogen) atoms. The molecular formula is C22H21IN6. The molecule has 0 radical (unpaired) electrons. The smallest absolute Gasteiger partial charge is 0.107 e. The van der Waals surface area contributed by atoms with E-state index in [0.717, 1.165) is 24.4 Å². The second-order valence-corrected chi connectivity index (χ2v) is 8.49. The fourth-order valence-electron chi connectivity index (χ4n) is 3.75. The van der Waals surface area contributed by atoms with Crippen LogP contribution in [0.5, 0.6) is 0 Å². The van der Waals surface area contributed by atoms with Crippen molar-refractivity contribution in [1.29, 1.82) is 0 Å². The Hall–Kier alpha value is -2.33. The van der Waals surface area contributed by atoms with E-state index in [9.17, 15) is 0 Å². The number of benzene rings is 2. The van der Waals surface area contributed by atoms with Crippen LogP contribution in [0.3, 0.4) is 0 Å². The van der Waals surface area contributed by atoms with E-state index in [1.54, 1.807) is 0 Å². The van der Waals surface area contributed by atoms with Crippen LogP contribution in [0, 0.1) is 0 Å². The molecule has 0 spiro atoms. The maximum atomic E-state index is 4.59. The van der Waals surface area contributed by atoms with Crippen molar-refractivity contribution in [3.05, 3.63) is 84.4 Å². The second kappa shape index (κ2) is 8.19. The molecule has 2 unspecified atom stereocenters. The van der Waals surface area contributed by atoms with Gasteiger partial charge < -0.3 is 4.57 Å². The van der Waals surface area contributed by atoms with Crippen LogP contribution in [0.15, 0.2) is 73.3 Å². The quantitative estimate of drug-likeness (QED) is 0.223. The largest absolute Gasteiger partial charge is 0.336 e. The van der Waals surface area contributed by atoms with Crippen molar-refractivity contribution < 1.29 is 0 Å². The van der Waals surface area contributed by atoms with E-state index in [-0.39, 0.29) is 10.1 Å². The Balaban J connectivity index is 1.33. The fourth-order valence-corrected chi connectivity index (χ4v) is 4.50. The van der Waals surface area contributed by atoms with Crippen LogP contribution in [-0.2, 0) is 13.0 Å². The van der Waals surface area contributed by atoms with Crippen LogP contribution in [0.4, 0.5) is 0 Å². The van der Waals surface area contributed by atoms with Crippen LogP contribution >= 0.6 is 22.6 Å². The molecule has 1 saturated heterocycles. The lowest BCUT2D eigenvalue weighted by molar-refractivity contribution is 0.555. The standard InChI is InChI=1S/C22H21IN6/c23-22-21(26-28-27-22)17-8-10-24-19(12-17)20-13-29(14-25-20)11-9-16-6-3-5-15-4-1-2-7-18(15)16/h1-8,10,12-14,21-22,26-28H,9,11H2. The summed E-state index contributed by atoms with van der Waals surface area (Å²) in [5.74, 6) is 0. The van der Waals surface area contributed by atoms with Gasteiger partial charge in [0.15, 0.2) is 0 Å². The highest BCUT2D eigenvalue weighted by Gasteiger charge is 2.25. The Bertz CT molecular complexity index is 1140. The molecule has 0 aliphatic carbocycles. The SMILES string of the molecule is IC1NNNC1c1ccnc(-c2cn(CCc3cccc4ccccc34)cn2)c1. The third kappa shape index (κ3) is 3.91. The summed E-state index contributed by atoms with van der Waals surface area (Å²) in [5.41, 5.74) is 13.7. The molecular weight excluding hydrogens is 475 g/mol. The lowest BCUT2D eigenvalue weighted by Gasteiger charge is -2.13. The summed E-state index contributed by atoms with van der Waals surface area (Å²) in [6.07, 6.45) is 6.79. The molecule has 1 aliphatic rings. The number of aryl methyl sites for hydroxylation is 2. The molecule has 0 amide bonds. The number of hydrazine groups is 2. The number of imidazole rings is 1. The van der Waals surface area contributed by atoms with Gasteiger partial charge >= 0.3 is 0 Å². The zero-order valence-corrected chi connectivity index (χ0v) is 17.9. The number of nitrogens with zero attached hydrogens (tertiary/aromatic N) is 3.